The number of aromatic nitrogens is 3. The predicted octanol–water partition coefficient (Wildman–Crippen LogP) is 2.76. The van der Waals surface area contributed by atoms with Crippen molar-refractivity contribution < 1.29 is 4.74 Å². The van der Waals surface area contributed by atoms with E-state index in [-0.39, 0.29) is 0 Å². The lowest BCUT2D eigenvalue weighted by atomic mass is 10.1. The fraction of sp³-hybridized carbons (Fsp3) is 0.350. The highest BCUT2D eigenvalue weighted by molar-refractivity contribution is 5.74. The number of nitrogens with zero attached hydrogens (tertiary/aromatic N) is 5. The van der Waals surface area contributed by atoms with Crippen LogP contribution in [0.15, 0.2) is 36.7 Å². The number of hydrogen-bond donors (Lipinski definition) is 2. The van der Waals surface area contributed by atoms with Crippen molar-refractivity contribution in [3.63, 3.8) is 0 Å². The van der Waals surface area contributed by atoms with Gasteiger partial charge in [0.2, 0.25) is 0 Å². The van der Waals surface area contributed by atoms with E-state index in [1.807, 2.05) is 24.4 Å². The van der Waals surface area contributed by atoms with Crippen LogP contribution in [-0.4, -0.2) is 46.9 Å². The second kappa shape index (κ2) is 7.02. The Morgan fingerprint density at radius 2 is 2.00 bits per heavy atom. The smallest absolute Gasteiger partial charge is 0.177 e. The highest BCUT2D eigenvalue weighted by Gasteiger charge is 2.22. The van der Waals surface area contributed by atoms with E-state index in [2.05, 4.69) is 37.8 Å². The molecule has 2 aromatic heterocycles. The van der Waals surface area contributed by atoms with Crippen LogP contribution in [0.25, 0.3) is 5.65 Å². The number of hydrogen-bond acceptors (Lipinski definition) is 7. The van der Waals surface area contributed by atoms with Crippen molar-refractivity contribution in [2.45, 2.75) is 18.9 Å². The van der Waals surface area contributed by atoms with Gasteiger partial charge in [-0.1, -0.05) is 0 Å². The average Bonchev–Trinajstić information content (AvgIpc) is 3.41. The number of morpholine rings is 1. The van der Waals surface area contributed by atoms with Crippen molar-refractivity contribution in [3.8, 4) is 6.07 Å². The molecule has 3 heterocycles. The first-order chi connectivity index (χ1) is 13.8. The minimum absolute atomic E-state index is 0.519. The number of rotatable bonds is 5. The van der Waals surface area contributed by atoms with E-state index < -0.39 is 0 Å². The molecule has 2 aliphatic rings. The minimum atomic E-state index is 0.519. The van der Waals surface area contributed by atoms with Crippen LogP contribution in [0.4, 0.5) is 22.9 Å². The molecule has 1 saturated heterocycles. The number of benzene rings is 1. The van der Waals surface area contributed by atoms with E-state index in [1.165, 1.54) is 12.8 Å². The molecule has 2 fully saturated rings. The summed E-state index contributed by atoms with van der Waals surface area (Å²) in [6, 6.07) is 10.6. The number of nitriles is 1. The lowest BCUT2D eigenvalue weighted by Gasteiger charge is -2.29. The van der Waals surface area contributed by atoms with Crippen LogP contribution in [0.5, 0.6) is 0 Å². The maximum atomic E-state index is 9.46. The molecule has 0 radical (unpaired) electrons. The van der Waals surface area contributed by atoms with Crippen LogP contribution >= 0.6 is 0 Å². The molecule has 1 aliphatic carbocycles. The van der Waals surface area contributed by atoms with E-state index in [9.17, 15) is 5.26 Å². The average molecular weight is 375 g/mol. The van der Waals surface area contributed by atoms with Gasteiger partial charge in [0, 0.05) is 49.0 Å². The number of nitrogens with one attached hydrogen (secondary N) is 2. The first-order valence-electron chi connectivity index (χ1n) is 9.54. The van der Waals surface area contributed by atoms with Crippen molar-refractivity contribution >= 4 is 28.5 Å². The zero-order valence-electron chi connectivity index (χ0n) is 15.4. The third kappa shape index (κ3) is 3.44. The summed E-state index contributed by atoms with van der Waals surface area (Å²) < 4.78 is 7.21. The molecular weight excluding hydrogens is 354 g/mol. The van der Waals surface area contributed by atoms with E-state index in [0.29, 0.717) is 30.6 Å². The molecule has 0 bridgehead atoms. The fourth-order valence-electron chi connectivity index (χ4n) is 3.43. The van der Waals surface area contributed by atoms with Gasteiger partial charge in [0.25, 0.3) is 0 Å². The second-order valence-corrected chi connectivity index (χ2v) is 7.16. The monoisotopic (exact) mass is 375 g/mol. The van der Waals surface area contributed by atoms with E-state index >= 15 is 0 Å². The number of anilines is 4. The van der Waals surface area contributed by atoms with Crippen LogP contribution in [0.3, 0.4) is 0 Å². The quantitative estimate of drug-likeness (QED) is 0.708. The lowest BCUT2D eigenvalue weighted by molar-refractivity contribution is 0.122. The van der Waals surface area contributed by atoms with Crippen LogP contribution < -0.4 is 15.5 Å². The summed E-state index contributed by atoms with van der Waals surface area (Å²) in [5.41, 5.74) is 4.26. The van der Waals surface area contributed by atoms with E-state index in [1.54, 1.807) is 10.7 Å². The third-order valence-corrected chi connectivity index (χ3v) is 4.99. The molecule has 3 aromatic rings. The molecule has 0 unspecified atom stereocenters. The van der Waals surface area contributed by atoms with Gasteiger partial charge in [0.1, 0.15) is 0 Å². The van der Waals surface area contributed by atoms with Crippen molar-refractivity contribution in [2.24, 2.45) is 0 Å². The summed E-state index contributed by atoms with van der Waals surface area (Å²) in [7, 11) is 0. The largest absolute Gasteiger partial charge is 0.379 e. The summed E-state index contributed by atoms with van der Waals surface area (Å²) in [4.78, 5) is 6.64. The van der Waals surface area contributed by atoms with Gasteiger partial charge in [-0.3, -0.25) is 0 Å². The van der Waals surface area contributed by atoms with Crippen LogP contribution in [0.2, 0.25) is 0 Å². The first-order valence-corrected chi connectivity index (χ1v) is 9.54. The van der Waals surface area contributed by atoms with Crippen molar-refractivity contribution in [1.82, 2.24) is 14.6 Å². The second-order valence-electron chi connectivity index (χ2n) is 7.16. The highest BCUT2D eigenvalue weighted by Crippen LogP contribution is 2.30. The molecule has 28 heavy (non-hydrogen) atoms. The molecule has 0 atom stereocenters. The summed E-state index contributed by atoms with van der Waals surface area (Å²) in [6.07, 6.45) is 5.95. The molecule has 0 spiro atoms. The van der Waals surface area contributed by atoms with Gasteiger partial charge in [0.05, 0.1) is 30.5 Å². The van der Waals surface area contributed by atoms with Gasteiger partial charge in [-0.2, -0.15) is 5.26 Å². The van der Waals surface area contributed by atoms with Gasteiger partial charge in [-0.25, -0.2) is 9.50 Å². The molecular formula is C20H21N7O. The molecule has 1 saturated carbocycles. The summed E-state index contributed by atoms with van der Waals surface area (Å²) in [6.45, 7) is 3.05. The Kier molecular flexibility index (Phi) is 4.22. The number of imidazole rings is 1. The standard InChI is InChI=1S/C20H21N7O/c21-13-14-9-16(11-17(10-14)26-5-7-28-8-6-26)24-19-12-18(23-15-1-2-15)20-22-3-4-27(20)25-19/h3-4,9-12,15,23H,1-2,5-8H2,(H,24,25). The van der Waals surface area contributed by atoms with Crippen molar-refractivity contribution in [1.29, 1.82) is 5.26 Å². The maximum absolute atomic E-state index is 9.46. The predicted molar refractivity (Wildman–Crippen MR) is 107 cm³/mol. The fourth-order valence-corrected chi connectivity index (χ4v) is 3.43. The van der Waals surface area contributed by atoms with Crippen molar-refractivity contribution in [2.75, 3.05) is 41.8 Å². The van der Waals surface area contributed by atoms with E-state index in [0.717, 1.165) is 35.8 Å². The highest BCUT2D eigenvalue weighted by atomic mass is 16.5. The Hall–Kier alpha value is -3.31. The number of ether oxygens (including phenoxy) is 1. The van der Waals surface area contributed by atoms with Gasteiger partial charge >= 0.3 is 0 Å². The van der Waals surface area contributed by atoms with Gasteiger partial charge in [0.15, 0.2) is 11.5 Å². The molecule has 1 aliphatic heterocycles. The zero-order valence-corrected chi connectivity index (χ0v) is 15.4. The molecule has 0 amide bonds. The van der Waals surface area contributed by atoms with Gasteiger partial charge < -0.3 is 20.3 Å². The Labute approximate surface area is 162 Å². The Morgan fingerprint density at radius 3 is 2.79 bits per heavy atom. The Balaban J connectivity index is 1.47. The summed E-state index contributed by atoms with van der Waals surface area (Å²) in [5, 5.41) is 20.9. The Morgan fingerprint density at radius 1 is 1.14 bits per heavy atom. The normalized spacial score (nSPS) is 16.8. The molecule has 5 rings (SSSR count). The van der Waals surface area contributed by atoms with Crippen molar-refractivity contribution in [3.05, 3.63) is 42.2 Å². The molecule has 8 heteroatoms. The molecule has 142 valence electrons. The third-order valence-electron chi connectivity index (χ3n) is 4.99. The first kappa shape index (κ1) is 16.8. The topological polar surface area (TPSA) is 90.5 Å². The summed E-state index contributed by atoms with van der Waals surface area (Å²) >= 11 is 0. The summed E-state index contributed by atoms with van der Waals surface area (Å²) in [5.74, 6) is 0.705. The maximum Gasteiger partial charge on any atom is 0.177 e. The van der Waals surface area contributed by atoms with E-state index in [4.69, 9.17) is 4.74 Å². The van der Waals surface area contributed by atoms with Gasteiger partial charge in [-0.05, 0) is 31.0 Å². The Bertz CT molecular complexity index is 1040. The van der Waals surface area contributed by atoms with Crippen LogP contribution in [-0.2, 0) is 4.74 Å². The lowest BCUT2D eigenvalue weighted by Crippen LogP contribution is -2.36. The zero-order chi connectivity index (χ0) is 18.9. The van der Waals surface area contributed by atoms with Gasteiger partial charge in [-0.15, -0.1) is 5.10 Å². The van der Waals surface area contributed by atoms with Crippen LogP contribution in [0, 0.1) is 11.3 Å². The minimum Gasteiger partial charge on any atom is -0.379 e. The molecule has 1 aromatic carbocycles. The molecule has 8 nitrogen and oxygen atoms in total. The number of fused-ring (bicyclic) bond motifs is 1. The molecule has 2 N–H and O–H groups in total. The van der Waals surface area contributed by atoms with Crippen LogP contribution in [0.1, 0.15) is 18.4 Å². The SMILES string of the molecule is N#Cc1cc(Nc2cc(NC3CC3)c3nccn3n2)cc(N2CCOCC2)c1.